The van der Waals surface area contributed by atoms with Gasteiger partial charge in [0.15, 0.2) is 0 Å². The lowest BCUT2D eigenvalue weighted by atomic mass is 10.1. The number of nitrogens with one attached hydrogen (secondary N) is 1. The Bertz CT molecular complexity index is 1030. The second-order valence-electron chi connectivity index (χ2n) is 7.22. The zero-order valence-corrected chi connectivity index (χ0v) is 16.1. The number of piperidine rings is 1. The van der Waals surface area contributed by atoms with Gasteiger partial charge in [-0.25, -0.2) is 0 Å². The molecule has 0 unspecified atom stereocenters. The summed E-state index contributed by atoms with van der Waals surface area (Å²) in [6.45, 7) is 1.85. The largest absolute Gasteiger partial charge is 0.467 e. The lowest BCUT2D eigenvalue weighted by molar-refractivity contribution is -0.132. The first-order valence-corrected chi connectivity index (χ1v) is 9.84. The van der Waals surface area contributed by atoms with Gasteiger partial charge in [-0.2, -0.15) is 0 Å². The normalized spacial score (nSPS) is 14.1. The maximum Gasteiger partial charge on any atom is 0.292 e. The van der Waals surface area contributed by atoms with E-state index in [1.165, 1.54) is 6.26 Å². The summed E-state index contributed by atoms with van der Waals surface area (Å²) >= 11 is 0. The van der Waals surface area contributed by atoms with Crippen LogP contribution in [0.15, 0.2) is 53.3 Å². The van der Waals surface area contributed by atoms with Crippen molar-refractivity contribution < 1.29 is 18.8 Å². The van der Waals surface area contributed by atoms with E-state index < -0.39 is 11.7 Å². The summed E-state index contributed by atoms with van der Waals surface area (Å²) in [5.74, 6) is -0.726. The molecule has 0 saturated carbocycles. The highest BCUT2D eigenvalue weighted by molar-refractivity contribution is 6.45. The molecule has 2 aromatic heterocycles. The van der Waals surface area contributed by atoms with E-state index in [-0.39, 0.29) is 19.0 Å². The van der Waals surface area contributed by atoms with Crippen molar-refractivity contribution >= 4 is 28.5 Å². The quantitative estimate of drug-likeness (QED) is 0.516. The summed E-state index contributed by atoms with van der Waals surface area (Å²) in [7, 11) is 0. The number of rotatable bonds is 6. The summed E-state index contributed by atoms with van der Waals surface area (Å²) in [4.78, 5) is 39.7. The predicted molar refractivity (Wildman–Crippen MR) is 107 cm³/mol. The highest BCUT2D eigenvalue weighted by Crippen LogP contribution is 2.22. The van der Waals surface area contributed by atoms with Crippen molar-refractivity contribution in [1.29, 1.82) is 0 Å². The number of carbonyl (C=O) groups excluding carboxylic acids is 3. The maximum absolute atomic E-state index is 12.8. The Hall–Kier alpha value is -3.35. The van der Waals surface area contributed by atoms with Gasteiger partial charge in [0.05, 0.1) is 18.4 Å². The van der Waals surface area contributed by atoms with E-state index in [0.29, 0.717) is 16.7 Å². The maximum atomic E-state index is 12.8. The molecule has 4 rings (SSSR count). The van der Waals surface area contributed by atoms with E-state index in [1.54, 1.807) is 29.0 Å². The number of amides is 2. The molecule has 0 atom stereocenters. The zero-order valence-electron chi connectivity index (χ0n) is 16.1. The van der Waals surface area contributed by atoms with Crippen LogP contribution in [-0.4, -0.2) is 40.2 Å². The summed E-state index contributed by atoms with van der Waals surface area (Å²) in [6, 6.07) is 10.8. The molecule has 1 fully saturated rings. The highest BCUT2D eigenvalue weighted by Gasteiger charge is 2.23. The molecule has 1 aliphatic heterocycles. The lowest BCUT2D eigenvalue weighted by Gasteiger charge is -2.27. The van der Waals surface area contributed by atoms with Crippen LogP contribution in [0.3, 0.4) is 0 Å². The van der Waals surface area contributed by atoms with Gasteiger partial charge in [0.25, 0.3) is 11.7 Å². The molecule has 150 valence electrons. The summed E-state index contributed by atoms with van der Waals surface area (Å²) in [6.07, 6.45) is 6.33. The molecule has 29 heavy (non-hydrogen) atoms. The Morgan fingerprint density at radius 3 is 2.55 bits per heavy atom. The van der Waals surface area contributed by atoms with E-state index in [2.05, 4.69) is 5.32 Å². The molecule has 0 aliphatic carbocycles. The Morgan fingerprint density at radius 2 is 1.79 bits per heavy atom. The van der Waals surface area contributed by atoms with Crippen LogP contribution in [0, 0.1) is 0 Å². The molecular formula is C22H23N3O4. The average Bonchev–Trinajstić information content (AvgIpc) is 3.40. The number of para-hydroxylation sites is 1. The van der Waals surface area contributed by atoms with Crippen LogP contribution in [0.1, 0.15) is 35.4 Å². The van der Waals surface area contributed by atoms with Gasteiger partial charge in [-0.1, -0.05) is 18.2 Å². The van der Waals surface area contributed by atoms with E-state index in [9.17, 15) is 14.4 Å². The van der Waals surface area contributed by atoms with Crippen LogP contribution < -0.4 is 5.32 Å². The monoisotopic (exact) mass is 393 g/mol. The van der Waals surface area contributed by atoms with Crippen LogP contribution in [0.25, 0.3) is 10.9 Å². The summed E-state index contributed by atoms with van der Waals surface area (Å²) in [5.41, 5.74) is 1.06. The molecule has 0 spiro atoms. The number of ketones is 1. The van der Waals surface area contributed by atoms with Crippen molar-refractivity contribution in [1.82, 2.24) is 14.8 Å². The number of furan rings is 1. The van der Waals surface area contributed by atoms with Crippen LogP contribution in [0.5, 0.6) is 0 Å². The average molecular weight is 393 g/mol. The third-order valence-electron chi connectivity index (χ3n) is 5.26. The minimum Gasteiger partial charge on any atom is -0.467 e. The van der Waals surface area contributed by atoms with Gasteiger partial charge in [0, 0.05) is 30.2 Å². The van der Waals surface area contributed by atoms with E-state index in [1.807, 2.05) is 23.1 Å². The molecule has 0 radical (unpaired) electrons. The lowest BCUT2D eigenvalue weighted by Crippen LogP contribution is -2.37. The third kappa shape index (κ3) is 4.08. The number of likely N-dealkylation sites (tertiary alicyclic amines) is 1. The standard InChI is InChI=1S/C22H23N3O4/c26-20(24-10-4-1-5-11-24)15-25-14-18(17-8-2-3-9-19(17)25)21(27)22(28)23-13-16-7-6-12-29-16/h2-3,6-9,12,14H,1,4-5,10-11,13,15H2,(H,23,28). The molecule has 1 aromatic carbocycles. The van der Waals surface area contributed by atoms with Gasteiger partial charge >= 0.3 is 0 Å². The minimum atomic E-state index is -0.702. The van der Waals surface area contributed by atoms with E-state index in [0.717, 1.165) is 37.9 Å². The van der Waals surface area contributed by atoms with E-state index in [4.69, 9.17) is 4.42 Å². The van der Waals surface area contributed by atoms with Crippen molar-refractivity contribution in [2.45, 2.75) is 32.4 Å². The smallest absolute Gasteiger partial charge is 0.292 e. The number of aromatic nitrogens is 1. The Labute approximate surface area is 168 Å². The van der Waals surface area contributed by atoms with Crippen molar-refractivity contribution in [3.05, 3.63) is 60.2 Å². The first-order chi connectivity index (χ1) is 14.1. The number of benzene rings is 1. The number of Topliss-reactive ketones (excluding diaryl/α,β-unsaturated/α-hetero) is 1. The molecule has 2 amide bonds. The second kappa shape index (κ2) is 8.34. The molecule has 3 heterocycles. The fraction of sp³-hybridized carbons (Fsp3) is 0.318. The summed E-state index contributed by atoms with van der Waals surface area (Å²) < 4.78 is 6.94. The number of fused-ring (bicyclic) bond motifs is 1. The zero-order chi connectivity index (χ0) is 20.2. The SMILES string of the molecule is O=C(NCc1ccco1)C(=O)c1cn(CC(=O)N2CCCCC2)c2ccccc12. The first kappa shape index (κ1) is 19.0. The molecule has 1 N–H and O–H groups in total. The fourth-order valence-electron chi connectivity index (χ4n) is 3.73. The first-order valence-electron chi connectivity index (χ1n) is 9.84. The van der Waals surface area contributed by atoms with Crippen molar-refractivity contribution in [2.75, 3.05) is 13.1 Å². The van der Waals surface area contributed by atoms with Gasteiger partial charge in [-0.05, 0) is 37.5 Å². The van der Waals surface area contributed by atoms with Gasteiger partial charge in [-0.15, -0.1) is 0 Å². The van der Waals surface area contributed by atoms with Crippen molar-refractivity contribution in [3.63, 3.8) is 0 Å². The van der Waals surface area contributed by atoms with Crippen LogP contribution in [-0.2, 0) is 22.7 Å². The Morgan fingerprint density at radius 1 is 1.00 bits per heavy atom. The van der Waals surface area contributed by atoms with Crippen LogP contribution >= 0.6 is 0 Å². The third-order valence-corrected chi connectivity index (χ3v) is 5.26. The van der Waals surface area contributed by atoms with E-state index >= 15 is 0 Å². The fourth-order valence-corrected chi connectivity index (χ4v) is 3.73. The summed E-state index contributed by atoms with van der Waals surface area (Å²) in [5, 5.41) is 3.25. The van der Waals surface area contributed by atoms with Crippen LogP contribution in [0.4, 0.5) is 0 Å². The Balaban J connectivity index is 1.54. The molecule has 7 nitrogen and oxygen atoms in total. The number of hydrogen-bond acceptors (Lipinski definition) is 4. The van der Waals surface area contributed by atoms with Gasteiger partial charge < -0.3 is 19.2 Å². The Kier molecular flexibility index (Phi) is 5.46. The van der Waals surface area contributed by atoms with Gasteiger partial charge in [-0.3, -0.25) is 14.4 Å². The number of nitrogens with zero attached hydrogens (tertiary/aromatic N) is 2. The molecule has 1 saturated heterocycles. The molecule has 7 heteroatoms. The van der Waals surface area contributed by atoms with Gasteiger partial charge in [0.2, 0.25) is 5.91 Å². The molecular weight excluding hydrogens is 370 g/mol. The molecule has 3 aromatic rings. The van der Waals surface area contributed by atoms with Crippen molar-refractivity contribution in [3.8, 4) is 0 Å². The van der Waals surface area contributed by atoms with Gasteiger partial charge in [0.1, 0.15) is 12.3 Å². The molecule has 0 bridgehead atoms. The van der Waals surface area contributed by atoms with Crippen molar-refractivity contribution in [2.24, 2.45) is 0 Å². The minimum absolute atomic E-state index is 0.0340. The van der Waals surface area contributed by atoms with Crippen LogP contribution in [0.2, 0.25) is 0 Å². The predicted octanol–water partition coefficient (Wildman–Crippen LogP) is 2.75. The second-order valence-corrected chi connectivity index (χ2v) is 7.22. The topological polar surface area (TPSA) is 84.5 Å². The number of carbonyl (C=O) groups is 3. The highest BCUT2D eigenvalue weighted by atomic mass is 16.3. The number of hydrogen-bond donors (Lipinski definition) is 1. The molecule has 1 aliphatic rings.